The number of aryl methyl sites for hydroxylation is 1. The zero-order valence-corrected chi connectivity index (χ0v) is 20.4. The van der Waals surface area contributed by atoms with Crippen LogP contribution in [0.3, 0.4) is 0 Å². The molecule has 0 aromatic heterocycles. The van der Waals surface area contributed by atoms with Gasteiger partial charge in [0.1, 0.15) is 6.67 Å². The molecule has 5 heteroatoms. The van der Waals surface area contributed by atoms with Crippen molar-refractivity contribution in [2.24, 2.45) is 4.99 Å². The Morgan fingerprint density at radius 1 is 1.09 bits per heavy atom. The summed E-state index contributed by atoms with van der Waals surface area (Å²) >= 11 is 6.27. The molecule has 0 unspecified atom stereocenters. The van der Waals surface area contributed by atoms with E-state index in [4.69, 9.17) is 0 Å². The van der Waals surface area contributed by atoms with Crippen LogP contribution in [0, 0.1) is 6.92 Å². The Labute approximate surface area is 206 Å². The Hall–Kier alpha value is -3.15. The fourth-order valence-electron chi connectivity index (χ4n) is 3.78. The molecule has 1 aliphatic rings. The number of hydrogen-bond donors (Lipinski definition) is 2. The summed E-state index contributed by atoms with van der Waals surface area (Å²) in [4.78, 5) is 8.58. The number of rotatable bonds is 4. The maximum atomic E-state index is 4.53. The number of nitrogens with zero attached hydrogens (tertiary/aromatic N) is 2. The van der Waals surface area contributed by atoms with Gasteiger partial charge in [-0.1, -0.05) is 60.8 Å². The summed E-state index contributed by atoms with van der Waals surface area (Å²) in [5, 5.41) is 5.45. The SMILES string of the molecule is C=NCN1C(=C)/C=C\c2cc(Nc3ccccc3C)ccc2S/C(=C\S)Cc2ccccc21. The van der Waals surface area contributed by atoms with Crippen LogP contribution in [0.25, 0.3) is 6.08 Å². The molecule has 0 saturated carbocycles. The summed E-state index contributed by atoms with van der Waals surface area (Å²) in [5.74, 6) is 0. The molecule has 4 rings (SSSR count). The predicted octanol–water partition coefficient (Wildman–Crippen LogP) is 7.85. The first-order chi connectivity index (χ1) is 16.1. The molecule has 1 heterocycles. The van der Waals surface area contributed by atoms with Gasteiger partial charge in [0.2, 0.25) is 0 Å². The van der Waals surface area contributed by atoms with Gasteiger partial charge >= 0.3 is 0 Å². The van der Waals surface area contributed by atoms with Crippen molar-refractivity contribution in [2.75, 3.05) is 16.9 Å². The van der Waals surface area contributed by atoms with Gasteiger partial charge in [-0.15, -0.1) is 0 Å². The van der Waals surface area contributed by atoms with E-state index in [0.717, 1.165) is 34.7 Å². The molecule has 0 spiro atoms. The number of fused-ring (bicyclic) bond motifs is 2. The van der Waals surface area contributed by atoms with Crippen LogP contribution in [0.1, 0.15) is 16.7 Å². The van der Waals surface area contributed by atoms with Crippen molar-refractivity contribution >= 4 is 54.2 Å². The number of anilines is 3. The van der Waals surface area contributed by atoms with Crippen molar-refractivity contribution in [3.63, 3.8) is 0 Å². The van der Waals surface area contributed by atoms with E-state index in [9.17, 15) is 0 Å². The minimum absolute atomic E-state index is 0.439. The molecule has 1 N–H and O–H groups in total. The first-order valence-corrected chi connectivity index (χ1v) is 12.0. The van der Waals surface area contributed by atoms with E-state index in [-0.39, 0.29) is 0 Å². The monoisotopic (exact) mass is 469 g/mol. The number of aliphatic imine (C=N–C) groups is 1. The lowest BCUT2D eigenvalue weighted by molar-refractivity contribution is 0.943. The molecule has 33 heavy (non-hydrogen) atoms. The number of benzene rings is 3. The standard InChI is InChI=1S/C28H27N3S2/c1-20-8-4-6-10-26(20)30-24-14-15-28-23(16-24)13-12-21(2)31(19-29-3)27-11-7-5-9-22(27)17-25(18-32)33-28/h4-16,18,30,32H,2-3,17,19H2,1H3/b13-12-,25-18-. The van der Waals surface area contributed by atoms with Gasteiger partial charge in [0.15, 0.2) is 0 Å². The van der Waals surface area contributed by atoms with Crippen LogP contribution in [-0.4, -0.2) is 13.4 Å². The molecule has 1 aliphatic heterocycles. The minimum atomic E-state index is 0.439. The van der Waals surface area contributed by atoms with Gasteiger partial charge in [-0.25, -0.2) is 0 Å². The predicted molar refractivity (Wildman–Crippen MR) is 149 cm³/mol. The van der Waals surface area contributed by atoms with Crippen molar-refractivity contribution in [1.82, 2.24) is 0 Å². The molecule has 0 aliphatic carbocycles. The Balaban J connectivity index is 1.76. The maximum absolute atomic E-state index is 4.53. The van der Waals surface area contributed by atoms with Crippen LogP contribution in [0.5, 0.6) is 0 Å². The molecule has 0 amide bonds. The number of hydrogen-bond acceptors (Lipinski definition) is 5. The molecule has 3 aromatic rings. The first-order valence-electron chi connectivity index (χ1n) is 10.7. The van der Waals surface area contributed by atoms with Gasteiger partial charge in [-0.3, -0.25) is 4.99 Å². The third-order valence-electron chi connectivity index (χ3n) is 5.51. The first kappa shape index (κ1) is 23.0. The molecule has 3 nitrogen and oxygen atoms in total. The average molecular weight is 470 g/mol. The van der Waals surface area contributed by atoms with E-state index in [1.54, 1.807) is 11.8 Å². The zero-order chi connectivity index (χ0) is 23.2. The number of nitrogens with one attached hydrogen (secondary N) is 1. The largest absolute Gasteiger partial charge is 0.355 e. The highest BCUT2D eigenvalue weighted by atomic mass is 32.2. The van der Waals surface area contributed by atoms with E-state index in [2.05, 4.69) is 109 Å². The topological polar surface area (TPSA) is 27.6 Å². The minimum Gasteiger partial charge on any atom is -0.355 e. The van der Waals surface area contributed by atoms with Gasteiger partial charge in [0, 0.05) is 39.0 Å². The second-order valence-corrected chi connectivity index (χ2v) is 9.24. The van der Waals surface area contributed by atoms with Gasteiger partial charge in [-0.05, 0) is 72.1 Å². The fraction of sp³-hybridized carbons (Fsp3) is 0.107. The number of para-hydroxylation sites is 2. The smallest absolute Gasteiger partial charge is 0.114 e. The molecular formula is C28H27N3S2. The van der Waals surface area contributed by atoms with Crippen LogP contribution in [-0.2, 0) is 6.42 Å². The molecular weight excluding hydrogens is 442 g/mol. The summed E-state index contributed by atoms with van der Waals surface area (Å²) in [7, 11) is 0. The van der Waals surface area contributed by atoms with Gasteiger partial charge < -0.3 is 10.2 Å². The van der Waals surface area contributed by atoms with Crippen LogP contribution in [0.15, 0.2) is 105 Å². The summed E-state index contributed by atoms with van der Waals surface area (Å²) in [5.41, 5.74) is 7.61. The van der Waals surface area contributed by atoms with Crippen molar-refractivity contribution in [2.45, 2.75) is 18.2 Å². The van der Waals surface area contributed by atoms with E-state index >= 15 is 0 Å². The molecule has 0 atom stereocenters. The van der Waals surface area contributed by atoms with Crippen molar-refractivity contribution in [3.05, 3.63) is 112 Å². The van der Waals surface area contributed by atoms with Crippen LogP contribution >= 0.6 is 24.4 Å². The van der Waals surface area contributed by atoms with E-state index in [1.807, 2.05) is 23.6 Å². The summed E-state index contributed by atoms with van der Waals surface area (Å²) in [6.07, 6.45) is 4.94. The van der Waals surface area contributed by atoms with Crippen LogP contribution in [0.4, 0.5) is 17.1 Å². The van der Waals surface area contributed by atoms with E-state index in [1.165, 1.54) is 20.9 Å². The quantitative estimate of drug-likeness (QED) is 0.301. The Morgan fingerprint density at radius 2 is 1.88 bits per heavy atom. The third kappa shape index (κ3) is 5.44. The Kier molecular flexibility index (Phi) is 7.43. The highest BCUT2D eigenvalue weighted by molar-refractivity contribution is 8.03. The third-order valence-corrected chi connectivity index (χ3v) is 7.11. The normalized spacial score (nSPS) is 15.9. The second kappa shape index (κ2) is 10.6. The fourth-order valence-corrected chi connectivity index (χ4v) is 4.97. The molecule has 0 radical (unpaired) electrons. The lowest BCUT2D eigenvalue weighted by Gasteiger charge is -2.25. The van der Waals surface area contributed by atoms with Gasteiger partial charge in [0.25, 0.3) is 0 Å². The molecule has 0 saturated heterocycles. The molecule has 0 bridgehead atoms. The maximum Gasteiger partial charge on any atom is 0.114 e. The van der Waals surface area contributed by atoms with Crippen LogP contribution < -0.4 is 10.2 Å². The zero-order valence-electron chi connectivity index (χ0n) is 18.7. The summed E-state index contributed by atoms with van der Waals surface area (Å²) < 4.78 is 0. The molecule has 166 valence electrons. The second-order valence-electron chi connectivity index (χ2n) is 7.81. The van der Waals surface area contributed by atoms with Crippen molar-refractivity contribution < 1.29 is 0 Å². The Morgan fingerprint density at radius 3 is 2.67 bits per heavy atom. The number of thioether (sulfide) groups is 1. The van der Waals surface area contributed by atoms with Crippen LogP contribution in [0.2, 0.25) is 0 Å². The molecule has 0 fully saturated rings. The van der Waals surface area contributed by atoms with E-state index in [0.29, 0.717) is 6.67 Å². The summed E-state index contributed by atoms with van der Waals surface area (Å²) in [6.45, 7) is 10.6. The Bertz CT molecular complexity index is 1240. The van der Waals surface area contributed by atoms with Gasteiger partial charge in [0.05, 0.1) is 0 Å². The van der Waals surface area contributed by atoms with Crippen molar-refractivity contribution in [3.8, 4) is 0 Å². The highest BCUT2D eigenvalue weighted by Crippen LogP contribution is 2.38. The van der Waals surface area contributed by atoms with Crippen molar-refractivity contribution in [1.29, 1.82) is 0 Å². The lowest BCUT2D eigenvalue weighted by Crippen LogP contribution is -2.22. The van der Waals surface area contributed by atoms with E-state index < -0.39 is 0 Å². The average Bonchev–Trinajstić information content (AvgIpc) is 2.85. The van der Waals surface area contributed by atoms with Gasteiger partial charge in [-0.2, -0.15) is 12.6 Å². The molecule has 3 aromatic carbocycles. The number of thiol groups is 1. The number of allylic oxidation sites excluding steroid dienone is 2. The highest BCUT2D eigenvalue weighted by Gasteiger charge is 2.16. The summed E-state index contributed by atoms with van der Waals surface area (Å²) in [6, 6.07) is 23.1. The lowest BCUT2D eigenvalue weighted by atomic mass is 10.1.